The molecule has 0 spiro atoms. The summed E-state index contributed by atoms with van der Waals surface area (Å²) in [6.45, 7) is 6.94. The van der Waals surface area contributed by atoms with Crippen LogP contribution >= 0.6 is 12.4 Å². The van der Waals surface area contributed by atoms with E-state index in [2.05, 4.69) is 78.0 Å². The quantitative estimate of drug-likeness (QED) is 0.751. The lowest BCUT2D eigenvalue weighted by molar-refractivity contribution is 0.256. The van der Waals surface area contributed by atoms with Crippen LogP contribution < -0.4 is 15.4 Å². The van der Waals surface area contributed by atoms with E-state index in [-0.39, 0.29) is 12.4 Å². The second-order valence-electron chi connectivity index (χ2n) is 6.62. The Morgan fingerprint density at radius 1 is 1.08 bits per heavy atom. The van der Waals surface area contributed by atoms with E-state index in [0.29, 0.717) is 5.92 Å². The summed E-state index contributed by atoms with van der Waals surface area (Å²) in [6.07, 6.45) is 2.07. The van der Waals surface area contributed by atoms with E-state index in [4.69, 9.17) is 4.74 Å². The number of guanidine groups is 1. The predicted octanol–water partition coefficient (Wildman–Crippen LogP) is 4.50. The maximum atomic E-state index is 5.82. The Hall–Kier alpha value is -2.20. The van der Waals surface area contributed by atoms with Crippen molar-refractivity contribution in [1.29, 1.82) is 0 Å². The van der Waals surface area contributed by atoms with Gasteiger partial charge >= 0.3 is 0 Å². The molecule has 2 aromatic carbocycles. The van der Waals surface area contributed by atoms with Crippen LogP contribution in [0.5, 0.6) is 5.75 Å². The van der Waals surface area contributed by atoms with Crippen LogP contribution in [0.2, 0.25) is 0 Å². The topological polar surface area (TPSA) is 45.6 Å². The smallest absolute Gasteiger partial charge is 0.195 e. The maximum Gasteiger partial charge on any atom is 0.195 e. The SMILES string of the molecule is CCC(C)COc1ccc(Cc2ccc(NC3=NCCN3)cc2)cc1.Cl. The molecule has 0 saturated heterocycles. The normalized spacial score (nSPS) is 14.0. The Balaban J connectivity index is 0.00000243. The number of hydrogen-bond donors (Lipinski definition) is 2. The third-order valence-electron chi connectivity index (χ3n) is 4.45. The van der Waals surface area contributed by atoms with Gasteiger partial charge in [-0.05, 0) is 47.7 Å². The molecule has 0 aliphatic carbocycles. The second kappa shape index (κ2) is 10.1. The van der Waals surface area contributed by atoms with Gasteiger partial charge in [-0.2, -0.15) is 0 Å². The molecule has 4 nitrogen and oxygen atoms in total. The molecule has 0 fully saturated rings. The molecule has 1 unspecified atom stereocenters. The van der Waals surface area contributed by atoms with E-state index < -0.39 is 0 Å². The highest BCUT2D eigenvalue weighted by Crippen LogP contribution is 2.18. The van der Waals surface area contributed by atoms with E-state index in [1.165, 1.54) is 11.1 Å². The highest BCUT2D eigenvalue weighted by Gasteiger charge is 2.05. The number of benzene rings is 2. The van der Waals surface area contributed by atoms with Gasteiger partial charge in [0.2, 0.25) is 0 Å². The standard InChI is InChI=1S/C21H27N3O.ClH/c1-3-16(2)15-25-20-10-6-18(7-11-20)14-17-4-8-19(9-5-17)24-21-22-12-13-23-21;/h4-11,16H,3,12-15H2,1-2H3,(H2,22,23,24);1H. The molecule has 0 amide bonds. The van der Waals surface area contributed by atoms with Gasteiger partial charge in [0.15, 0.2) is 5.96 Å². The number of anilines is 1. The van der Waals surface area contributed by atoms with Gasteiger partial charge in [-0.15, -0.1) is 12.4 Å². The van der Waals surface area contributed by atoms with Crippen LogP contribution in [0, 0.1) is 5.92 Å². The molecule has 5 heteroatoms. The number of nitrogens with zero attached hydrogens (tertiary/aromatic N) is 1. The fraction of sp³-hybridized carbons (Fsp3) is 0.381. The van der Waals surface area contributed by atoms with E-state index in [1.54, 1.807) is 0 Å². The molecule has 0 saturated carbocycles. The molecule has 1 aliphatic heterocycles. The summed E-state index contributed by atoms with van der Waals surface area (Å²) < 4.78 is 5.82. The van der Waals surface area contributed by atoms with Gasteiger partial charge in [0.1, 0.15) is 5.75 Å². The lowest BCUT2D eigenvalue weighted by Crippen LogP contribution is -2.26. The average Bonchev–Trinajstić information content (AvgIpc) is 3.15. The zero-order chi connectivity index (χ0) is 17.5. The zero-order valence-corrected chi connectivity index (χ0v) is 16.3. The van der Waals surface area contributed by atoms with Crippen molar-refractivity contribution >= 4 is 24.1 Å². The largest absolute Gasteiger partial charge is 0.493 e. The Bertz CT molecular complexity index is 698. The van der Waals surface area contributed by atoms with Crippen LogP contribution in [-0.4, -0.2) is 25.7 Å². The Kier molecular flexibility index (Phi) is 7.79. The van der Waals surface area contributed by atoms with Crippen LogP contribution in [0.15, 0.2) is 53.5 Å². The molecule has 1 aliphatic rings. The lowest BCUT2D eigenvalue weighted by atomic mass is 10.0. The summed E-state index contributed by atoms with van der Waals surface area (Å²) in [5, 5.41) is 6.50. The van der Waals surface area contributed by atoms with Crippen LogP contribution in [-0.2, 0) is 6.42 Å². The van der Waals surface area contributed by atoms with Crippen LogP contribution in [0.4, 0.5) is 5.69 Å². The summed E-state index contributed by atoms with van der Waals surface area (Å²) >= 11 is 0. The zero-order valence-electron chi connectivity index (χ0n) is 15.5. The first-order valence-corrected chi connectivity index (χ1v) is 9.09. The van der Waals surface area contributed by atoms with Gasteiger partial charge in [0.05, 0.1) is 13.2 Å². The summed E-state index contributed by atoms with van der Waals surface area (Å²) in [7, 11) is 0. The first kappa shape index (κ1) is 20.1. The number of halogens is 1. The van der Waals surface area contributed by atoms with E-state index in [1.807, 2.05) is 0 Å². The molecular formula is C21H28ClN3O. The van der Waals surface area contributed by atoms with Crippen molar-refractivity contribution in [2.75, 3.05) is 25.0 Å². The van der Waals surface area contributed by atoms with Crippen molar-refractivity contribution in [3.05, 3.63) is 59.7 Å². The maximum absolute atomic E-state index is 5.82. The van der Waals surface area contributed by atoms with E-state index in [9.17, 15) is 0 Å². The molecule has 2 N–H and O–H groups in total. The predicted molar refractivity (Wildman–Crippen MR) is 112 cm³/mol. The Morgan fingerprint density at radius 2 is 1.73 bits per heavy atom. The van der Waals surface area contributed by atoms with Crippen molar-refractivity contribution < 1.29 is 4.74 Å². The van der Waals surface area contributed by atoms with Crippen molar-refractivity contribution in [2.24, 2.45) is 10.9 Å². The van der Waals surface area contributed by atoms with Crippen LogP contribution in [0.3, 0.4) is 0 Å². The van der Waals surface area contributed by atoms with Crippen molar-refractivity contribution in [3.8, 4) is 5.75 Å². The molecule has 140 valence electrons. The molecule has 26 heavy (non-hydrogen) atoms. The number of aliphatic imine (C=N–C) groups is 1. The van der Waals surface area contributed by atoms with Crippen molar-refractivity contribution in [1.82, 2.24) is 5.32 Å². The third-order valence-corrected chi connectivity index (χ3v) is 4.45. The van der Waals surface area contributed by atoms with Gasteiger partial charge in [0, 0.05) is 12.2 Å². The number of hydrogen-bond acceptors (Lipinski definition) is 4. The summed E-state index contributed by atoms with van der Waals surface area (Å²) in [5.74, 6) is 2.41. The van der Waals surface area contributed by atoms with E-state index >= 15 is 0 Å². The summed E-state index contributed by atoms with van der Waals surface area (Å²) in [4.78, 5) is 4.34. The van der Waals surface area contributed by atoms with Gasteiger partial charge in [-0.3, -0.25) is 4.99 Å². The second-order valence-corrected chi connectivity index (χ2v) is 6.62. The van der Waals surface area contributed by atoms with Gasteiger partial charge < -0.3 is 15.4 Å². The highest BCUT2D eigenvalue weighted by molar-refractivity contribution is 5.94. The molecule has 0 radical (unpaired) electrons. The first-order chi connectivity index (χ1) is 12.2. The Morgan fingerprint density at radius 3 is 2.31 bits per heavy atom. The number of ether oxygens (including phenoxy) is 1. The number of rotatable bonds is 7. The molecule has 1 atom stereocenters. The first-order valence-electron chi connectivity index (χ1n) is 9.09. The van der Waals surface area contributed by atoms with Crippen molar-refractivity contribution in [3.63, 3.8) is 0 Å². The van der Waals surface area contributed by atoms with Crippen LogP contribution in [0.25, 0.3) is 0 Å². The van der Waals surface area contributed by atoms with E-state index in [0.717, 1.165) is 49.9 Å². The molecule has 0 aromatic heterocycles. The minimum atomic E-state index is 0. The van der Waals surface area contributed by atoms with Gasteiger partial charge in [0.25, 0.3) is 0 Å². The molecule has 2 aromatic rings. The molecule has 0 bridgehead atoms. The Labute approximate surface area is 162 Å². The highest BCUT2D eigenvalue weighted by atomic mass is 35.5. The minimum Gasteiger partial charge on any atom is -0.493 e. The fourth-order valence-electron chi connectivity index (χ4n) is 2.62. The lowest BCUT2D eigenvalue weighted by Gasteiger charge is -2.11. The minimum absolute atomic E-state index is 0. The number of nitrogens with one attached hydrogen (secondary N) is 2. The van der Waals surface area contributed by atoms with Gasteiger partial charge in [-0.1, -0.05) is 44.5 Å². The molecular weight excluding hydrogens is 346 g/mol. The molecule has 3 rings (SSSR count). The summed E-state index contributed by atoms with van der Waals surface area (Å²) in [6, 6.07) is 16.9. The third kappa shape index (κ3) is 5.95. The molecule has 1 heterocycles. The van der Waals surface area contributed by atoms with Crippen LogP contribution in [0.1, 0.15) is 31.4 Å². The monoisotopic (exact) mass is 373 g/mol. The fourth-order valence-corrected chi connectivity index (χ4v) is 2.62. The summed E-state index contributed by atoms with van der Waals surface area (Å²) in [5.41, 5.74) is 3.64. The van der Waals surface area contributed by atoms with Crippen molar-refractivity contribution in [2.45, 2.75) is 26.7 Å². The average molecular weight is 374 g/mol. The van der Waals surface area contributed by atoms with Gasteiger partial charge in [-0.25, -0.2) is 0 Å².